The van der Waals surface area contributed by atoms with E-state index >= 15 is 0 Å². The molecule has 8 heteroatoms. The number of ether oxygens (including phenoxy) is 1. The fourth-order valence-electron chi connectivity index (χ4n) is 3.08. The Kier molecular flexibility index (Phi) is 5.89. The number of carbonyl (C=O) groups is 1. The second kappa shape index (κ2) is 9.08. The predicted octanol–water partition coefficient (Wildman–Crippen LogP) is 3.77. The summed E-state index contributed by atoms with van der Waals surface area (Å²) in [6.07, 6.45) is 2.22. The van der Waals surface area contributed by atoms with Gasteiger partial charge in [0.2, 0.25) is 0 Å². The molecule has 4 rings (SSSR count). The van der Waals surface area contributed by atoms with Gasteiger partial charge in [-0.1, -0.05) is 30.3 Å². The number of benzene rings is 2. The minimum atomic E-state index is -0.357. The zero-order valence-corrected chi connectivity index (χ0v) is 16.9. The molecule has 3 N–H and O–H groups in total. The summed E-state index contributed by atoms with van der Waals surface area (Å²) in [6, 6.07) is 18.2. The Morgan fingerprint density at radius 2 is 1.90 bits per heavy atom. The summed E-state index contributed by atoms with van der Waals surface area (Å²) < 4.78 is 5.16. The number of hydrogen-bond acceptors (Lipinski definition) is 6. The molecule has 4 aromatic rings. The van der Waals surface area contributed by atoms with Crippen molar-refractivity contribution in [3.8, 4) is 22.8 Å². The van der Waals surface area contributed by atoms with Crippen molar-refractivity contribution < 1.29 is 14.6 Å². The van der Waals surface area contributed by atoms with Crippen molar-refractivity contribution in [1.82, 2.24) is 20.3 Å². The number of nitrogens with one attached hydrogen (secondary N) is 2. The number of pyridine rings is 1. The number of phenols is 1. The first-order valence-electron chi connectivity index (χ1n) is 9.72. The molecule has 0 fully saturated rings. The molecule has 0 aliphatic carbocycles. The number of fused-ring (bicyclic) bond motifs is 1. The molecule has 2 aromatic carbocycles. The lowest BCUT2D eigenvalue weighted by atomic mass is 10.1. The van der Waals surface area contributed by atoms with Crippen LogP contribution in [0.15, 0.2) is 66.9 Å². The smallest absolute Gasteiger partial charge is 0.320 e. The highest BCUT2D eigenvalue weighted by molar-refractivity contribution is 5.89. The van der Waals surface area contributed by atoms with Gasteiger partial charge in [0.1, 0.15) is 5.52 Å². The zero-order valence-electron chi connectivity index (χ0n) is 16.9. The molecule has 0 aliphatic rings. The van der Waals surface area contributed by atoms with E-state index in [2.05, 4.69) is 25.6 Å². The maximum absolute atomic E-state index is 12.2. The van der Waals surface area contributed by atoms with Crippen LogP contribution in [0, 0.1) is 0 Å². The number of carbonyl (C=O) groups excluding carboxylic acids is 1. The quantitative estimate of drug-likeness (QED) is 0.442. The Labute approximate surface area is 179 Å². The molecule has 0 saturated heterocycles. The molecule has 0 bridgehead atoms. The maximum atomic E-state index is 12.2. The van der Waals surface area contributed by atoms with E-state index in [4.69, 9.17) is 4.74 Å². The maximum Gasteiger partial charge on any atom is 0.320 e. The summed E-state index contributed by atoms with van der Waals surface area (Å²) in [4.78, 5) is 25.4. The SMILES string of the molecule is COc1cc(-c2ccc3ncc(NC(=O)NCCc4ccccc4)nc3n2)ccc1O. The minimum absolute atomic E-state index is 0.0524. The molecule has 0 atom stereocenters. The lowest BCUT2D eigenvalue weighted by Crippen LogP contribution is -2.30. The first kappa shape index (κ1) is 20.1. The molecule has 8 nitrogen and oxygen atoms in total. The second-order valence-corrected chi connectivity index (χ2v) is 6.80. The largest absolute Gasteiger partial charge is 0.504 e. The van der Waals surface area contributed by atoms with Crippen molar-refractivity contribution in [1.29, 1.82) is 0 Å². The van der Waals surface area contributed by atoms with Gasteiger partial charge >= 0.3 is 6.03 Å². The van der Waals surface area contributed by atoms with Crippen LogP contribution in [0.5, 0.6) is 11.5 Å². The molecule has 0 spiro atoms. The molecule has 0 aliphatic heterocycles. The molecule has 0 saturated carbocycles. The average molecular weight is 415 g/mol. The van der Waals surface area contributed by atoms with E-state index < -0.39 is 0 Å². The number of anilines is 1. The highest BCUT2D eigenvalue weighted by atomic mass is 16.5. The molecule has 2 aromatic heterocycles. The third-order valence-corrected chi connectivity index (χ3v) is 4.67. The van der Waals surface area contributed by atoms with Gasteiger partial charge < -0.3 is 15.2 Å². The Morgan fingerprint density at radius 3 is 2.71 bits per heavy atom. The molecule has 0 radical (unpaired) electrons. The lowest BCUT2D eigenvalue weighted by Gasteiger charge is -2.09. The third kappa shape index (κ3) is 4.87. The fourth-order valence-corrected chi connectivity index (χ4v) is 3.08. The van der Waals surface area contributed by atoms with Gasteiger partial charge in [0.05, 0.1) is 19.0 Å². The predicted molar refractivity (Wildman–Crippen MR) is 118 cm³/mol. The van der Waals surface area contributed by atoms with Crippen molar-refractivity contribution in [2.75, 3.05) is 19.0 Å². The van der Waals surface area contributed by atoms with Crippen LogP contribution in [0.2, 0.25) is 0 Å². The average Bonchev–Trinajstić information content (AvgIpc) is 2.79. The molecule has 2 heterocycles. The van der Waals surface area contributed by atoms with Crippen LogP contribution in [0.25, 0.3) is 22.4 Å². The van der Waals surface area contributed by atoms with Crippen LogP contribution in [0.4, 0.5) is 10.6 Å². The monoisotopic (exact) mass is 415 g/mol. The van der Waals surface area contributed by atoms with E-state index in [9.17, 15) is 9.90 Å². The van der Waals surface area contributed by atoms with Gasteiger partial charge in [-0.25, -0.2) is 19.7 Å². The van der Waals surface area contributed by atoms with Gasteiger partial charge in [-0.2, -0.15) is 0 Å². The summed E-state index contributed by atoms with van der Waals surface area (Å²) in [7, 11) is 1.49. The van der Waals surface area contributed by atoms with Crippen molar-refractivity contribution in [2.45, 2.75) is 6.42 Å². The summed E-state index contributed by atoms with van der Waals surface area (Å²) in [5, 5.41) is 15.3. The van der Waals surface area contributed by atoms with Gasteiger partial charge in [-0.15, -0.1) is 0 Å². The first-order chi connectivity index (χ1) is 15.1. The highest BCUT2D eigenvalue weighted by Crippen LogP contribution is 2.31. The summed E-state index contributed by atoms with van der Waals surface area (Å²) >= 11 is 0. The number of aromatic hydroxyl groups is 1. The Hall–Kier alpha value is -4.20. The number of rotatable bonds is 6. The minimum Gasteiger partial charge on any atom is -0.504 e. The van der Waals surface area contributed by atoms with Crippen molar-refractivity contribution in [3.63, 3.8) is 0 Å². The molecular formula is C23H21N5O3. The van der Waals surface area contributed by atoms with Crippen molar-refractivity contribution >= 4 is 23.0 Å². The topological polar surface area (TPSA) is 109 Å². The number of methoxy groups -OCH3 is 1. The molecule has 156 valence electrons. The molecular weight excluding hydrogens is 394 g/mol. The number of phenolic OH excluding ortho intramolecular Hbond substituents is 1. The Bertz CT molecular complexity index is 1210. The number of amides is 2. The van der Waals surface area contributed by atoms with Crippen LogP contribution in [-0.2, 0) is 6.42 Å². The van der Waals surface area contributed by atoms with Gasteiger partial charge in [0.25, 0.3) is 0 Å². The summed E-state index contributed by atoms with van der Waals surface area (Å²) in [5.74, 6) is 0.710. The summed E-state index contributed by atoms with van der Waals surface area (Å²) in [6.45, 7) is 0.502. The van der Waals surface area contributed by atoms with Gasteiger partial charge in [-0.3, -0.25) is 5.32 Å². The van der Waals surface area contributed by atoms with E-state index in [0.717, 1.165) is 17.5 Å². The normalized spacial score (nSPS) is 10.6. The number of hydrogen-bond donors (Lipinski definition) is 3. The molecule has 0 unspecified atom stereocenters. The first-order valence-corrected chi connectivity index (χ1v) is 9.72. The van der Waals surface area contributed by atoms with E-state index in [-0.39, 0.29) is 11.8 Å². The number of aromatic nitrogens is 3. The molecule has 2 amide bonds. The van der Waals surface area contributed by atoms with E-state index in [1.807, 2.05) is 36.4 Å². The summed E-state index contributed by atoms with van der Waals surface area (Å²) in [5.41, 5.74) is 3.55. The number of urea groups is 1. The fraction of sp³-hybridized carbons (Fsp3) is 0.130. The van der Waals surface area contributed by atoms with Crippen LogP contribution in [0.3, 0.4) is 0 Å². The van der Waals surface area contributed by atoms with Crippen LogP contribution >= 0.6 is 0 Å². The van der Waals surface area contributed by atoms with Crippen molar-refractivity contribution in [3.05, 3.63) is 72.4 Å². The van der Waals surface area contributed by atoms with Gasteiger partial charge in [0.15, 0.2) is 23.0 Å². The van der Waals surface area contributed by atoms with E-state index in [1.165, 1.54) is 13.3 Å². The van der Waals surface area contributed by atoms with Crippen LogP contribution < -0.4 is 15.4 Å². The van der Waals surface area contributed by atoms with Gasteiger partial charge in [0, 0.05) is 12.1 Å². The second-order valence-electron chi connectivity index (χ2n) is 6.80. The van der Waals surface area contributed by atoms with E-state index in [0.29, 0.717) is 35.0 Å². The van der Waals surface area contributed by atoms with E-state index in [1.54, 1.807) is 24.3 Å². The zero-order chi connectivity index (χ0) is 21.6. The Balaban J connectivity index is 1.46. The standard InChI is InChI=1S/C23H21N5O3/c1-31-20-13-16(7-10-19(20)29)17-8-9-18-22(26-17)27-21(14-25-18)28-23(30)24-12-11-15-5-3-2-4-6-15/h2-10,13-14,29H,11-12H2,1H3,(H2,24,26,27,28,30). The lowest BCUT2D eigenvalue weighted by molar-refractivity contribution is 0.252. The van der Waals surface area contributed by atoms with Crippen molar-refractivity contribution in [2.24, 2.45) is 0 Å². The molecule has 31 heavy (non-hydrogen) atoms. The third-order valence-electron chi connectivity index (χ3n) is 4.67. The van der Waals surface area contributed by atoms with Crippen LogP contribution in [-0.4, -0.2) is 39.7 Å². The number of nitrogens with zero attached hydrogens (tertiary/aromatic N) is 3. The van der Waals surface area contributed by atoms with Gasteiger partial charge in [-0.05, 0) is 42.3 Å². The highest BCUT2D eigenvalue weighted by Gasteiger charge is 2.09. The van der Waals surface area contributed by atoms with Crippen LogP contribution in [0.1, 0.15) is 5.56 Å². The Morgan fingerprint density at radius 1 is 1.06 bits per heavy atom.